The minimum atomic E-state index is -0.555. The summed E-state index contributed by atoms with van der Waals surface area (Å²) in [4.78, 5) is 5.40. The van der Waals surface area contributed by atoms with E-state index in [9.17, 15) is 5.26 Å². The number of hydrogen-bond donors (Lipinski definition) is 0. The Bertz CT molecular complexity index is 3660. The Morgan fingerprint density at radius 3 is 1.95 bits per heavy atom. The van der Waals surface area contributed by atoms with Crippen molar-refractivity contribution in [1.29, 1.82) is 5.26 Å². The lowest BCUT2D eigenvalue weighted by Gasteiger charge is -2.40. The van der Waals surface area contributed by atoms with Crippen LogP contribution < -0.4 is 4.74 Å². The number of rotatable bonds is 3. The van der Waals surface area contributed by atoms with Gasteiger partial charge in [-0.05, 0) is 88.0 Å². The SMILES string of the molecule is N#Cc1ccc2c(c1)c1ccccc1n2-c1ccc(-c2cccc(-c3nc4ccccc4c4c5c(ccc34)C3(c4ccccc4O5)c4ccccc4-c4ccccc43)c2)cc1. The molecule has 1 spiro atoms. The van der Waals surface area contributed by atoms with Crippen LogP contribution in [0.3, 0.4) is 0 Å². The summed E-state index contributed by atoms with van der Waals surface area (Å²) in [5.74, 6) is 1.75. The van der Waals surface area contributed by atoms with Crippen LogP contribution in [0.25, 0.3) is 82.7 Å². The molecular weight excluding hydrogens is 743 g/mol. The maximum Gasteiger partial charge on any atom is 0.140 e. The first kappa shape index (κ1) is 33.7. The highest BCUT2D eigenvalue weighted by Crippen LogP contribution is 2.63. The van der Waals surface area contributed by atoms with Crippen LogP contribution in [0, 0.1) is 11.3 Å². The van der Waals surface area contributed by atoms with Gasteiger partial charge < -0.3 is 9.30 Å². The van der Waals surface area contributed by atoms with Crippen molar-refractivity contribution in [2.45, 2.75) is 5.41 Å². The standard InChI is InChI=1S/C57H33N3O/c58-34-35-24-31-52-45(32-35)42-16-4-9-22-51(42)60(52)39-27-25-36(26-28-39)37-12-11-13-38(33-37)55-44-29-30-49-56(54(44)43-17-3-8-21-50(43)59-55)61-53-23-10-7-20-48(53)57(49)46-18-5-1-14-40(46)41-15-2-6-19-47(41)57/h1-33H. The third kappa shape index (κ3) is 4.60. The molecule has 0 fully saturated rings. The van der Waals surface area contributed by atoms with Gasteiger partial charge in [-0.25, -0.2) is 4.98 Å². The van der Waals surface area contributed by atoms with E-state index in [4.69, 9.17) is 9.72 Å². The van der Waals surface area contributed by atoms with E-state index in [1.165, 1.54) is 22.3 Å². The molecule has 0 saturated carbocycles. The molecule has 9 aromatic carbocycles. The third-order valence-electron chi connectivity index (χ3n) is 13.1. The molecule has 0 N–H and O–H groups in total. The molecule has 0 amide bonds. The average molecular weight is 776 g/mol. The number of aromatic nitrogens is 2. The van der Waals surface area contributed by atoms with Gasteiger partial charge in [-0.2, -0.15) is 5.26 Å². The van der Waals surface area contributed by atoms with Gasteiger partial charge in [0.05, 0.1) is 39.3 Å². The molecule has 13 rings (SSSR count). The van der Waals surface area contributed by atoms with Crippen LogP contribution in [-0.2, 0) is 5.41 Å². The van der Waals surface area contributed by atoms with Crippen LogP contribution in [0.15, 0.2) is 200 Å². The Kier molecular flexibility index (Phi) is 6.97. The fraction of sp³-hybridized carbons (Fsp3) is 0.0175. The van der Waals surface area contributed by atoms with Crippen LogP contribution in [0.2, 0.25) is 0 Å². The second-order valence-corrected chi connectivity index (χ2v) is 16.1. The lowest BCUT2D eigenvalue weighted by Crippen LogP contribution is -2.32. The lowest BCUT2D eigenvalue weighted by atomic mass is 9.65. The van der Waals surface area contributed by atoms with Gasteiger partial charge in [-0.1, -0.05) is 146 Å². The molecule has 2 aliphatic rings. The minimum Gasteiger partial charge on any atom is -0.456 e. The van der Waals surface area contributed by atoms with Gasteiger partial charge in [0.1, 0.15) is 11.5 Å². The van der Waals surface area contributed by atoms with E-state index in [1.807, 2.05) is 12.1 Å². The quantitative estimate of drug-likeness (QED) is 0.168. The molecule has 61 heavy (non-hydrogen) atoms. The van der Waals surface area contributed by atoms with Gasteiger partial charge in [-0.3, -0.25) is 0 Å². The van der Waals surface area contributed by atoms with E-state index in [0.29, 0.717) is 5.56 Å². The number of nitrogens with zero attached hydrogens (tertiary/aromatic N) is 3. The monoisotopic (exact) mass is 775 g/mol. The van der Waals surface area contributed by atoms with Crippen molar-refractivity contribution in [3.8, 4) is 56.8 Å². The van der Waals surface area contributed by atoms with Gasteiger partial charge >= 0.3 is 0 Å². The van der Waals surface area contributed by atoms with Gasteiger partial charge in [0.25, 0.3) is 0 Å². The van der Waals surface area contributed by atoms with Crippen LogP contribution in [0.4, 0.5) is 0 Å². The fourth-order valence-electron chi connectivity index (χ4n) is 10.5. The third-order valence-corrected chi connectivity index (χ3v) is 13.1. The van der Waals surface area contributed by atoms with Crippen molar-refractivity contribution in [1.82, 2.24) is 9.55 Å². The summed E-state index contributed by atoms with van der Waals surface area (Å²) in [6, 6.07) is 73.5. The van der Waals surface area contributed by atoms with E-state index in [2.05, 4.69) is 199 Å². The zero-order valence-electron chi connectivity index (χ0n) is 32.8. The van der Waals surface area contributed by atoms with Crippen molar-refractivity contribution in [2.75, 3.05) is 0 Å². The maximum atomic E-state index is 9.63. The first-order valence-corrected chi connectivity index (χ1v) is 20.7. The Hall–Kier alpha value is -8.26. The summed E-state index contributed by atoms with van der Waals surface area (Å²) in [6.07, 6.45) is 0. The maximum absolute atomic E-state index is 9.63. The smallest absolute Gasteiger partial charge is 0.140 e. The lowest BCUT2D eigenvalue weighted by molar-refractivity contribution is 0.442. The Balaban J connectivity index is 0.989. The Morgan fingerprint density at radius 1 is 0.475 bits per heavy atom. The van der Waals surface area contributed by atoms with Crippen molar-refractivity contribution >= 4 is 43.5 Å². The molecule has 3 heterocycles. The molecule has 0 unspecified atom stereocenters. The van der Waals surface area contributed by atoms with Crippen molar-refractivity contribution in [3.63, 3.8) is 0 Å². The molecular formula is C57H33N3O. The number of fused-ring (bicyclic) bond motifs is 16. The molecule has 0 saturated heterocycles. The first-order chi connectivity index (χ1) is 30.2. The number of nitriles is 1. The summed E-state index contributed by atoms with van der Waals surface area (Å²) in [5, 5.41) is 15.0. The van der Waals surface area contributed by atoms with E-state index >= 15 is 0 Å². The summed E-state index contributed by atoms with van der Waals surface area (Å²) in [6.45, 7) is 0. The minimum absolute atomic E-state index is 0.555. The van der Waals surface area contributed by atoms with Gasteiger partial charge in [0.2, 0.25) is 0 Å². The predicted octanol–water partition coefficient (Wildman–Crippen LogP) is 14.2. The van der Waals surface area contributed by atoms with Crippen LogP contribution >= 0.6 is 0 Å². The second kappa shape index (κ2) is 12.6. The summed E-state index contributed by atoms with van der Waals surface area (Å²) in [5.41, 5.74) is 15.8. The largest absolute Gasteiger partial charge is 0.456 e. The number of benzene rings is 9. The van der Waals surface area contributed by atoms with Gasteiger partial charge in [0.15, 0.2) is 0 Å². The predicted molar refractivity (Wildman–Crippen MR) is 247 cm³/mol. The summed E-state index contributed by atoms with van der Waals surface area (Å²) < 4.78 is 9.45. The molecule has 0 bridgehead atoms. The van der Waals surface area contributed by atoms with Crippen LogP contribution in [0.1, 0.15) is 27.8 Å². The second-order valence-electron chi connectivity index (χ2n) is 16.1. The molecule has 282 valence electrons. The number of para-hydroxylation sites is 3. The summed E-state index contributed by atoms with van der Waals surface area (Å²) in [7, 11) is 0. The molecule has 1 aliphatic carbocycles. The highest BCUT2D eigenvalue weighted by atomic mass is 16.5. The van der Waals surface area contributed by atoms with Crippen molar-refractivity contribution in [2.24, 2.45) is 0 Å². The molecule has 0 atom stereocenters. The highest BCUT2D eigenvalue weighted by molar-refractivity contribution is 6.15. The molecule has 2 aromatic heterocycles. The van der Waals surface area contributed by atoms with E-state index in [-0.39, 0.29) is 0 Å². The van der Waals surface area contributed by atoms with Crippen LogP contribution in [-0.4, -0.2) is 9.55 Å². The summed E-state index contributed by atoms with van der Waals surface area (Å²) >= 11 is 0. The molecule has 11 aromatic rings. The van der Waals surface area contributed by atoms with E-state index in [1.54, 1.807) is 0 Å². The average Bonchev–Trinajstić information content (AvgIpc) is 3.81. The zero-order chi connectivity index (χ0) is 40.2. The zero-order valence-corrected chi connectivity index (χ0v) is 32.8. The first-order valence-electron chi connectivity index (χ1n) is 20.7. The highest BCUT2D eigenvalue weighted by Gasteiger charge is 2.51. The van der Waals surface area contributed by atoms with Gasteiger partial charge in [0, 0.05) is 49.3 Å². The fourth-order valence-corrected chi connectivity index (χ4v) is 10.5. The van der Waals surface area contributed by atoms with Crippen molar-refractivity contribution in [3.05, 3.63) is 228 Å². The topological polar surface area (TPSA) is 50.8 Å². The number of ether oxygens (including phenoxy) is 1. The molecule has 1 aliphatic heterocycles. The normalized spacial score (nSPS) is 13.2. The van der Waals surface area contributed by atoms with Gasteiger partial charge in [-0.15, -0.1) is 0 Å². The number of pyridine rings is 1. The van der Waals surface area contributed by atoms with Crippen molar-refractivity contribution < 1.29 is 4.74 Å². The molecule has 0 radical (unpaired) electrons. The Morgan fingerprint density at radius 2 is 1.15 bits per heavy atom. The Labute approximate surface area is 351 Å². The van der Waals surface area contributed by atoms with E-state index < -0.39 is 5.41 Å². The molecule has 4 heteroatoms. The number of hydrogen-bond acceptors (Lipinski definition) is 3. The van der Waals surface area contributed by atoms with E-state index in [0.717, 1.165) is 94.2 Å². The van der Waals surface area contributed by atoms with Crippen LogP contribution in [0.5, 0.6) is 11.5 Å². The molecule has 4 nitrogen and oxygen atoms in total.